The molecule has 5 atom stereocenters. The van der Waals surface area contributed by atoms with E-state index < -0.39 is 114 Å². The van der Waals surface area contributed by atoms with Gasteiger partial charge in [0.2, 0.25) is 41.4 Å². The number of carbonyl (C=O) groups excluding carboxylic acids is 8. The summed E-state index contributed by atoms with van der Waals surface area (Å²) in [5.74, 6) is -10.4. The maximum Gasteiger partial charge on any atom is 0.490 e. The van der Waals surface area contributed by atoms with Gasteiger partial charge in [-0.05, 0) is 48.1 Å². The molecule has 0 radical (unpaired) electrons. The number of fused-ring (bicyclic) bond motifs is 5. The Morgan fingerprint density at radius 3 is 2.02 bits per heavy atom. The summed E-state index contributed by atoms with van der Waals surface area (Å²) in [5, 5.41) is 51.0. The van der Waals surface area contributed by atoms with Gasteiger partial charge in [0, 0.05) is 60.8 Å². The van der Waals surface area contributed by atoms with Crippen molar-refractivity contribution < 1.29 is 86.0 Å². The second kappa shape index (κ2) is 31.1. The van der Waals surface area contributed by atoms with E-state index in [2.05, 4.69) is 47.4 Å². The normalized spacial score (nSPS) is 19.1. The topological polar surface area (TPSA) is 446 Å². The van der Waals surface area contributed by atoms with Crippen molar-refractivity contribution in [3.05, 3.63) is 134 Å². The molecular weight excluding hydrogens is 1220 g/mol. The van der Waals surface area contributed by atoms with Gasteiger partial charge in [-0.1, -0.05) is 84.9 Å². The maximum atomic E-state index is 14.3. The molecule has 7 amide bonds. The molecule has 32 heteroatoms. The number of amides is 7. The van der Waals surface area contributed by atoms with E-state index in [1.54, 1.807) is 67.6 Å². The molecule has 29 nitrogen and oxygen atoms in total. The summed E-state index contributed by atoms with van der Waals surface area (Å²) < 4.78 is 38.5. The van der Waals surface area contributed by atoms with Gasteiger partial charge in [0.05, 0.1) is 54.7 Å². The van der Waals surface area contributed by atoms with Gasteiger partial charge < -0.3 is 78.1 Å². The number of cyclic esters (lactones) is 1. The number of carboxylic acids is 2. The molecule has 3 aliphatic heterocycles. The Hall–Kier alpha value is -10.8. The molecule has 1 saturated heterocycles. The summed E-state index contributed by atoms with van der Waals surface area (Å²) in [4.78, 5) is 156. The molecule has 4 unspecified atom stereocenters. The number of para-hydroxylation sites is 1. The minimum Gasteiger partial charge on any atom is -0.481 e. The third-order valence-electron chi connectivity index (χ3n) is 14.8. The third-order valence-corrected chi connectivity index (χ3v) is 14.8. The number of hydrogen-bond acceptors (Lipinski definition) is 17. The molecule has 8 rings (SSSR count). The van der Waals surface area contributed by atoms with Gasteiger partial charge in [0.1, 0.15) is 37.4 Å². The van der Waals surface area contributed by atoms with Gasteiger partial charge >= 0.3 is 24.1 Å². The fourth-order valence-electron chi connectivity index (χ4n) is 10.00. The quantitative estimate of drug-likeness (QED) is 0.0144. The maximum absolute atomic E-state index is 14.3. The average Bonchev–Trinajstić information content (AvgIpc) is 1.51. The Morgan fingerprint density at radius 1 is 0.793 bits per heavy atom. The molecule has 14 N–H and O–H groups in total. The van der Waals surface area contributed by atoms with Crippen LogP contribution in [0.15, 0.2) is 99.9 Å². The standard InChI is InChI=1S/C58H65N13O14.C2HF3O2/c1-2-58(83)39-25-45-50-37(30-71(45)55(81)38(39)31-84-56(58)82)36(35-11-6-7-12-40(35)67-50)28-65-85-22-21-61-46(72)18-19-47(73)63-27-34-16-14-33(15-17-34)24-43-53(79)69-42(23-32-9-4-3-5-10-32)54(80)70-44(26-49(75)76)51(77)64-29-48(74)66-41(52(78)68-43)13-8-20-62-57(59)60;3-2(4,5)1(6)7/h3-7,9-12,14-17,25,28,41-44,83H,2,8,13,18-24,26-27,29-31H2,1H3,(H,61,72)(H,63,73)(H,64,77)(H,66,74)(H,68,78)(H,69,79)(H,70,80)(H,75,76)(H4,59,60,62);(H,6,7)/t41?,42?,43?,44?,58-;/m0./s1. The summed E-state index contributed by atoms with van der Waals surface area (Å²) in [5.41, 5.74) is 13.6. The number of rotatable bonds is 21. The summed E-state index contributed by atoms with van der Waals surface area (Å²) in [6.45, 7) is 1.03. The van der Waals surface area contributed by atoms with Crippen LogP contribution in [0.5, 0.6) is 0 Å². The number of alkyl halides is 3. The molecule has 3 aromatic carbocycles. The Bertz CT molecular complexity index is 3750. The molecule has 5 heterocycles. The lowest BCUT2D eigenvalue weighted by Crippen LogP contribution is -2.58. The molecule has 3 aliphatic rings. The number of aliphatic hydroxyl groups is 1. The van der Waals surface area contributed by atoms with Crippen molar-refractivity contribution in [3.8, 4) is 11.4 Å². The number of aliphatic imine (C=N–C) groups is 1. The van der Waals surface area contributed by atoms with E-state index in [0.29, 0.717) is 44.7 Å². The number of halogens is 3. The van der Waals surface area contributed by atoms with Gasteiger partial charge in [-0.15, -0.1) is 0 Å². The number of benzene rings is 3. The number of aromatic nitrogens is 2. The van der Waals surface area contributed by atoms with Gasteiger partial charge in [-0.2, -0.15) is 13.2 Å². The van der Waals surface area contributed by atoms with E-state index in [-0.39, 0.29) is 101 Å². The number of nitrogens with one attached hydrogen (secondary N) is 7. The van der Waals surface area contributed by atoms with Gasteiger partial charge in [-0.25, -0.2) is 14.6 Å². The third kappa shape index (κ3) is 18.2. The molecule has 488 valence electrons. The summed E-state index contributed by atoms with van der Waals surface area (Å²) in [6, 6.07) is 18.6. The SMILES string of the molecule is CC[C@@]1(O)C(=O)OCc2c1cc1n(c2=O)Cc2c-1nc1ccccc1c2C=NOCCNC(=O)CCC(=O)NCc1ccc(CC2NC(=O)C(CCCN=C(N)N)NC(=O)CNC(=O)C(CC(=O)O)NC(=O)C(Cc3ccccc3)NC2=O)cc1.O=C(O)C(F)(F)F. The Balaban J connectivity index is 0.00000162. The van der Waals surface area contributed by atoms with E-state index in [1.165, 1.54) is 10.8 Å². The number of nitrogens with two attached hydrogens (primary N) is 2. The lowest BCUT2D eigenvalue weighted by atomic mass is 9.86. The second-order valence-corrected chi connectivity index (χ2v) is 21.2. The molecule has 92 heavy (non-hydrogen) atoms. The Morgan fingerprint density at radius 2 is 1.39 bits per heavy atom. The van der Waals surface area contributed by atoms with Gasteiger partial charge in [-0.3, -0.25) is 48.1 Å². The number of hydrogen-bond donors (Lipinski definition) is 12. The Kier molecular flexibility index (Phi) is 23.2. The van der Waals surface area contributed by atoms with Crippen LogP contribution in [0.2, 0.25) is 0 Å². The van der Waals surface area contributed by atoms with Crippen LogP contribution in [0, 0.1) is 0 Å². The van der Waals surface area contributed by atoms with E-state index >= 15 is 0 Å². The fourth-order valence-corrected chi connectivity index (χ4v) is 10.00. The Labute approximate surface area is 520 Å². The van der Waals surface area contributed by atoms with Crippen molar-refractivity contribution in [1.82, 2.24) is 46.8 Å². The van der Waals surface area contributed by atoms with Crippen LogP contribution in [-0.4, -0.2) is 153 Å². The van der Waals surface area contributed by atoms with Crippen molar-refractivity contribution in [3.63, 3.8) is 0 Å². The average molecular weight is 1280 g/mol. The number of pyridine rings is 2. The van der Waals surface area contributed by atoms with Crippen LogP contribution in [0.4, 0.5) is 13.2 Å². The minimum absolute atomic E-state index is 0.00398. The van der Waals surface area contributed by atoms with E-state index in [4.69, 9.17) is 35.9 Å². The highest BCUT2D eigenvalue weighted by molar-refractivity contribution is 6.03. The monoisotopic (exact) mass is 1280 g/mol. The highest BCUT2D eigenvalue weighted by Gasteiger charge is 2.46. The van der Waals surface area contributed by atoms with Crippen LogP contribution < -0.4 is 54.2 Å². The lowest BCUT2D eigenvalue weighted by molar-refractivity contribution is -0.192. The lowest BCUT2D eigenvalue weighted by Gasteiger charge is -2.31. The van der Waals surface area contributed by atoms with Crippen molar-refractivity contribution in [2.45, 2.75) is 114 Å². The number of nitrogens with zero attached hydrogens (tertiary/aromatic N) is 4. The zero-order valence-electron chi connectivity index (χ0n) is 49.3. The first-order chi connectivity index (χ1) is 43.8. The zero-order valence-corrected chi connectivity index (χ0v) is 49.3. The van der Waals surface area contributed by atoms with E-state index in [9.17, 15) is 71.3 Å². The first-order valence-corrected chi connectivity index (χ1v) is 28.7. The van der Waals surface area contributed by atoms with E-state index in [0.717, 1.165) is 5.39 Å². The molecule has 5 aromatic rings. The zero-order chi connectivity index (χ0) is 66.9. The number of guanidine groups is 1. The molecule has 1 fully saturated rings. The van der Waals surface area contributed by atoms with Crippen LogP contribution in [0.1, 0.15) is 84.4 Å². The molecule has 0 saturated carbocycles. The summed E-state index contributed by atoms with van der Waals surface area (Å²) in [7, 11) is 0. The van der Waals surface area contributed by atoms with Crippen molar-refractivity contribution in [2.24, 2.45) is 21.6 Å². The van der Waals surface area contributed by atoms with Crippen LogP contribution in [-0.2, 0) is 95.7 Å². The highest BCUT2D eigenvalue weighted by Crippen LogP contribution is 2.40. The molecule has 0 aliphatic carbocycles. The predicted octanol–water partition coefficient (Wildman–Crippen LogP) is -0.341. The van der Waals surface area contributed by atoms with Gasteiger partial charge in [0.15, 0.2) is 11.6 Å². The first kappa shape index (κ1) is 68.7. The van der Waals surface area contributed by atoms with Crippen molar-refractivity contribution >= 4 is 82.3 Å². The number of carbonyl (C=O) groups is 10. The number of carboxylic acid groups (broad SMARTS) is 2. The number of ether oxygens (including phenoxy) is 1. The van der Waals surface area contributed by atoms with Crippen molar-refractivity contribution in [1.29, 1.82) is 0 Å². The molecule has 0 spiro atoms. The smallest absolute Gasteiger partial charge is 0.481 e. The first-order valence-electron chi connectivity index (χ1n) is 28.7. The number of aliphatic carboxylic acids is 2. The largest absolute Gasteiger partial charge is 0.490 e. The summed E-state index contributed by atoms with van der Waals surface area (Å²) >= 11 is 0. The summed E-state index contributed by atoms with van der Waals surface area (Å²) in [6.07, 6.45) is -4.73. The number of oxime groups is 1. The molecular formula is C60H66F3N13O16. The van der Waals surface area contributed by atoms with Crippen LogP contribution in [0.3, 0.4) is 0 Å². The van der Waals surface area contributed by atoms with Gasteiger partial charge in [0.25, 0.3) is 5.56 Å². The van der Waals surface area contributed by atoms with Crippen LogP contribution >= 0.6 is 0 Å². The minimum atomic E-state index is -5.08. The highest BCUT2D eigenvalue weighted by atomic mass is 19.4. The van der Waals surface area contributed by atoms with E-state index in [1.807, 2.05) is 24.3 Å². The number of esters is 1. The van der Waals surface area contributed by atoms with Crippen LogP contribution in [0.25, 0.3) is 22.3 Å². The molecule has 0 bridgehead atoms. The van der Waals surface area contributed by atoms with Crippen molar-refractivity contribution in [2.75, 3.05) is 26.2 Å². The predicted molar refractivity (Wildman–Crippen MR) is 319 cm³/mol. The second-order valence-electron chi connectivity index (χ2n) is 21.2. The fraction of sp³-hybridized carbons (Fsp3) is 0.367. The molecule has 2 aromatic heterocycles.